The highest BCUT2D eigenvalue weighted by atomic mass is 32.1. The van der Waals surface area contributed by atoms with E-state index < -0.39 is 0 Å². The molecule has 4 heteroatoms. The number of anilines is 6. The minimum atomic E-state index is 0.0503. The van der Waals surface area contributed by atoms with E-state index in [1.165, 1.54) is 97.8 Å². The van der Waals surface area contributed by atoms with Crippen LogP contribution in [0, 0.1) is 0 Å². The van der Waals surface area contributed by atoms with E-state index in [1.54, 1.807) is 16.0 Å². The summed E-state index contributed by atoms with van der Waals surface area (Å²) in [5.74, 6) is 0.364. The largest absolute Gasteiger partial charge is 0.311 e. The van der Waals surface area contributed by atoms with Crippen molar-refractivity contribution < 1.29 is 0 Å². The molecule has 0 unspecified atom stereocenters. The molecule has 0 bridgehead atoms. The van der Waals surface area contributed by atoms with Crippen LogP contribution in [0.15, 0.2) is 72.8 Å². The maximum atomic E-state index is 2.73. The molecule has 0 saturated carbocycles. The first-order valence-electron chi connectivity index (χ1n) is 22.7. The highest BCUT2D eigenvalue weighted by molar-refractivity contribution is 7.29. The standard InChI is InChI=1S/C55H69BN2S/c1-33(2)34-29-43-46-44(30-34)58(38-23-19-36(20-24-38)51(6,7)8)47-45-48(55(15,16)28-27-54(45,13)14)59-49(47)56(46)41-31-39-40(53(11,12)26-25-52(39,9)10)32-42(41)57(43)37-21-17-35(18-22-37)50(3,4)5/h17-24,29-33H,25-28H2,1-16H3. The second-order valence-corrected chi connectivity index (χ2v) is 24.9. The van der Waals surface area contributed by atoms with Crippen LogP contribution < -0.4 is 25.5 Å². The van der Waals surface area contributed by atoms with Gasteiger partial charge in [-0.3, -0.25) is 0 Å². The van der Waals surface area contributed by atoms with Crippen LogP contribution in [0.2, 0.25) is 0 Å². The Morgan fingerprint density at radius 1 is 0.559 bits per heavy atom. The lowest BCUT2D eigenvalue weighted by Crippen LogP contribution is -2.61. The van der Waals surface area contributed by atoms with Crippen molar-refractivity contribution in [3.63, 3.8) is 0 Å². The van der Waals surface area contributed by atoms with Gasteiger partial charge in [-0.05, 0) is 151 Å². The smallest absolute Gasteiger partial charge is 0.264 e. The molecule has 5 aromatic rings. The first kappa shape index (κ1) is 40.6. The Bertz CT molecular complexity index is 2490. The van der Waals surface area contributed by atoms with E-state index >= 15 is 0 Å². The molecule has 0 spiro atoms. The van der Waals surface area contributed by atoms with Gasteiger partial charge in [-0.25, -0.2) is 0 Å². The van der Waals surface area contributed by atoms with Gasteiger partial charge < -0.3 is 9.80 Å². The summed E-state index contributed by atoms with van der Waals surface area (Å²) in [6.45, 7) is 38.9. The average molecular weight is 801 g/mol. The Balaban J connectivity index is 1.44. The highest BCUT2D eigenvalue weighted by Crippen LogP contribution is 2.57. The van der Waals surface area contributed by atoms with E-state index in [4.69, 9.17) is 0 Å². The number of benzene rings is 4. The van der Waals surface area contributed by atoms with E-state index in [0.717, 1.165) is 0 Å². The molecule has 0 atom stereocenters. The lowest BCUT2D eigenvalue weighted by molar-refractivity contribution is 0.332. The number of fused-ring (bicyclic) bond motifs is 7. The molecule has 9 rings (SSSR count). The van der Waals surface area contributed by atoms with Gasteiger partial charge in [0.15, 0.2) is 0 Å². The van der Waals surface area contributed by atoms with Crippen LogP contribution in [0.4, 0.5) is 34.1 Å². The Morgan fingerprint density at radius 2 is 1.02 bits per heavy atom. The third-order valence-corrected chi connectivity index (χ3v) is 16.8. The fourth-order valence-corrected chi connectivity index (χ4v) is 12.7. The quantitative estimate of drug-likeness (QED) is 0.164. The van der Waals surface area contributed by atoms with E-state index in [-0.39, 0.29) is 39.2 Å². The first-order chi connectivity index (χ1) is 27.3. The lowest BCUT2D eigenvalue weighted by Gasteiger charge is -2.47. The summed E-state index contributed by atoms with van der Waals surface area (Å²) in [6, 6.07) is 29.7. The topological polar surface area (TPSA) is 6.48 Å². The summed E-state index contributed by atoms with van der Waals surface area (Å²) in [5, 5.41) is 0. The molecule has 0 fully saturated rings. The molecule has 4 aromatic carbocycles. The normalized spacial score (nSPS) is 19.5. The minimum Gasteiger partial charge on any atom is -0.311 e. The van der Waals surface area contributed by atoms with Gasteiger partial charge in [0.25, 0.3) is 6.71 Å². The van der Waals surface area contributed by atoms with Crippen molar-refractivity contribution in [1.29, 1.82) is 0 Å². The lowest BCUT2D eigenvalue weighted by atomic mass is 9.35. The number of rotatable bonds is 3. The second-order valence-electron chi connectivity index (χ2n) is 23.8. The summed E-state index contributed by atoms with van der Waals surface area (Å²) in [6.07, 6.45) is 4.79. The third-order valence-electron chi connectivity index (χ3n) is 15.2. The third kappa shape index (κ3) is 6.22. The van der Waals surface area contributed by atoms with E-state index in [2.05, 4.69) is 205 Å². The number of nitrogens with zero attached hydrogens (tertiary/aromatic N) is 2. The van der Waals surface area contributed by atoms with Crippen LogP contribution in [0.3, 0.4) is 0 Å². The van der Waals surface area contributed by atoms with Crippen LogP contribution in [0.1, 0.15) is 181 Å². The molecule has 2 nitrogen and oxygen atoms in total. The molecule has 0 radical (unpaired) electrons. The second kappa shape index (κ2) is 12.9. The van der Waals surface area contributed by atoms with Crippen molar-refractivity contribution in [2.45, 2.75) is 175 Å². The number of hydrogen-bond acceptors (Lipinski definition) is 3. The van der Waals surface area contributed by atoms with Crippen molar-refractivity contribution in [1.82, 2.24) is 0 Å². The summed E-state index contributed by atoms with van der Waals surface area (Å²) < 4.78 is 1.53. The van der Waals surface area contributed by atoms with Gasteiger partial charge in [0.2, 0.25) is 0 Å². The molecular formula is C55H69BN2S. The van der Waals surface area contributed by atoms with Gasteiger partial charge in [-0.2, -0.15) is 11.3 Å². The van der Waals surface area contributed by atoms with Crippen LogP contribution in [0.5, 0.6) is 0 Å². The Kier molecular flexibility index (Phi) is 8.88. The summed E-state index contributed by atoms with van der Waals surface area (Å²) in [4.78, 5) is 7.00. The van der Waals surface area contributed by atoms with Crippen molar-refractivity contribution in [3.05, 3.63) is 111 Å². The van der Waals surface area contributed by atoms with E-state index in [0.29, 0.717) is 5.92 Å². The van der Waals surface area contributed by atoms with Gasteiger partial charge in [-0.15, -0.1) is 0 Å². The molecule has 2 aliphatic carbocycles. The van der Waals surface area contributed by atoms with Crippen molar-refractivity contribution >= 4 is 67.9 Å². The van der Waals surface area contributed by atoms with E-state index in [9.17, 15) is 0 Å². The molecule has 0 N–H and O–H groups in total. The van der Waals surface area contributed by atoms with Gasteiger partial charge >= 0.3 is 0 Å². The van der Waals surface area contributed by atoms with Crippen molar-refractivity contribution in [2.75, 3.05) is 9.80 Å². The molecule has 3 heterocycles. The summed E-state index contributed by atoms with van der Waals surface area (Å²) in [5.41, 5.74) is 20.2. The molecule has 0 amide bonds. The first-order valence-corrected chi connectivity index (χ1v) is 23.5. The SMILES string of the molecule is CC(C)c1cc2c3c(c1)N(c1ccc(C(C)(C)C)cc1)c1c(sc4c1C(C)(C)CCC4(C)C)B3c1cc3c(cc1N2c1ccc(C(C)(C)C)cc1)C(C)(C)CCC3(C)C. The molecule has 0 saturated heterocycles. The fraction of sp³-hybridized carbons (Fsp3) is 0.491. The molecular weight excluding hydrogens is 731 g/mol. The van der Waals surface area contributed by atoms with E-state index in [1.807, 2.05) is 0 Å². The van der Waals surface area contributed by atoms with Crippen molar-refractivity contribution in [2.24, 2.45) is 0 Å². The van der Waals surface area contributed by atoms with Gasteiger partial charge in [-0.1, -0.05) is 141 Å². The predicted molar refractivity (Wildman–Crippen MR) is 260 cm³/mol. The van der Waals surface area contributed by atoms with Gasteiger partial charge in [0.1, 0.15) is 0 Å². The fourth-order valence-electron chi connectivity index (χ4n) is 11.0. The average Bonchev–Trinajstić information content (AvgIpc) is 3.57. The monoisotopic (exact) mass is 801 g/mol. The van der Waals surface area contributed by atoms with Crippen LogP contribution in [0.25, 0.3) is 0 Å². The summed E-state index contributed by atoms with van der Waals surface area (Å²) >= 11 is 2.14. The Labute approximate surface area is 361 Å². The minimum absolute atomic E-state index is 0.0503. The zero-order valence-corrected chi connectivity index (χ0v) is 40.0. The summed E-state index contributed by atoms with van der Waals surface area (Å²) in [7, 11) is 0. The zero-order valence-electron chi connectivity index (χ0n) is 39.2. The molecule has 59 heavy (non-hydrogen) atoms. The van der Waals surface area contributed by atoms with Crippen LogP contribution >= 0.6 is 11.3 Å². The van der Waals surface area contributed by atoms with Gasteiger partial charge in [0.05, 0.1) is 5.69 Å². The maximum Gasteiger partial charge on any atom is 0.264 e. The predicted octanol–water partition coefficient (Wildman–Crippen LogP) is 14.2. The van der Waals surface area contributed by atoms with Crippen molar-refractivity contribution in [3.8, 4) is 0 Å². The van der Waals surface area contributed by atoms with Gasteiger partial charge in [0, 0.05) is 38.1 Å². The maximum absolute atomic E-state index is 2.73. The zero-order chi connectivity index (χ0) is 42.6. The molecule has 1 aromatic heterocycles. The van der Waals surface area contributed by atoms with Crippen LogP contribution in [-0.2, 0) is 32.5 Å². The number of thiophene rings is 1. The number of hydrogen-bond donors (Lipinski definition) is 0. The Morgan fingerprint density at radius 3 is 1.53 bits per heavy atom. The Hall–Kier alpha value is -3.76. The highest BCUT2D eigenvalue weighted by Gasteiger charge is 2.52. The molecule has 2 aliphatic heterocycles. The molecule has 308 valence electrons. The molecule has 4 aliphatic rings. The van der Waals surface area contributed by atoms with Crippen LogP contribution in [-0.4, -0.2) is 6.71 Å².